The van der Waals surface area contributed by atoms with Gasteiger partial charge in [0.25, 0.3) is 5.91 Å². The van der Waals surface area contributed by atoms with Crippen molar-refractivity contribution in [2.45, 2.75) is 45.2 Å². The standard InChI is InChI=1S/C34H35ClN4O4/c1-23-8-3-4-9-24(23)15-18-29-28(33(42)38(22-32(40)41)21-26-10-5-6-12-31(26)43-2)20-36-34(37-29)39-19-7-11-30(39)25-13-16-27(35)17-14-25/h3-6,8-10,12-14,16-17,20,30H,7,11,15,18-19,21-22H2,1-2H3,(H,40,41)/t30-/m1/s1. The predicted octanol–water partition coefficient (Wildman–Crippen LogP) is 6.30. The largest absolute Gasteiger partial charge is 0.496 e. The zero-order chi connectivity index (χ0) is 30.3. The van der Waals surface area contributed by atoms with Gasteiger partial charge in [-0.3, -0.25) is 9.59 Å². The van der Waals surface area contributed by atoms with Crippen molar-refractivity contribution < 1.29 is 19.4 Å². The van der Waals surface area contributed by atoms with Crippen LogP contribution < -0.4 is 9.64 Å². The summed E-state index contributed by atoms with van der Waals surface area (Å²) in [4.78, 5) is 39.1. The third kappa shape index (κ3) is 7.14. The van der Waals surface area contributed by atoms with Crippen molar-refractivity contribution in [3.8, 4) is 5.75 Å². The average molecular weight is 599 g/mol. The highest BCUT2D eigenvalue weighted by Gasteiger charge is 2.30. The summed E-state index contributed by atoms with van der Waals surface area (Å²) in [6, 6.07) is 23.4. The van der Waals surface area contributed by atoms with Gasteiger partial charge in [-0.2, -0.15) is 0 Å². The summed E-state index contributed by atoms with van der Waals surface area (Å²) < 4.78 is 5.46. The highest BCUT2D eigenvalue weighted by Crippen LogP contribution is 2.35. The molecule has 3 aromatic carbocycles. The number of anilines is 1. The molecular formula is C34H35ClN4O4. The first-order valence-electron chi connectivity index (χ1n) is 14.4. The number of benzene rings is 3. The van der Waals surface area contributed by atoms with Crippen LogP contribution in [0.1, 0.15) is 57.2 Å². The van der Waals surface area contributed by atoms with Crippen LogP contribution >= 0.6 is 11.6 Å². The first-order valence-corrected chi connectivity index (χ1v) is 14.8. The van der Waals surface area contributed by atoms with Gasteiger partial charge in [0.15, 0.2) is 0 Å². The van der Waals surface area contributed by atoms with Gasteiger partial charge >= 0.3 is 5.97 Å². The number of nitrogens with zero attached hydrogens (tertiary/aromatic N) is 4. The summed E-state index contributed by atoms with van der Waals surface area (Å²) in [7, 11) is 1.55. The lowest BCUT2D eigenvalue weighted by Crippen LogP contribution is -2.36. The van der Waals surface area contributed by atoms with Gasteiger partial charge in [0.05, 0.1) is 31.0 Å². The summed E-state index contributed by atoms with van der Waals surface area (Å²) in [6.07, 6.45) is 4.68. The number of aryl methyl sites for hydroxylation is 3. The summed E-state index contributed by atoms with van der Waals surface area (Å²) in [6.45, 7) is 2.45. The third-order valence-corrected chi connectivity index (χ3v) is 8.16. The van der Waals surface area contributed by atoms with Crippen molar-refractivity contribution in [3.05, 3.63) is 118 Å². The molecule has 1 saturated heterocycles. The number of ether oxygens (including phenoxy) is 1. The first-order chi connectivity index (χ1) is 20.8. The van der Waals surface area contributed by atoms with E-state index in [-0.39, 0.29) is 12.6 Å². The van der Waals surface area contributed by atoms with Gasteiger partial charge in [0, 0.05) is 23.3 Å². The Labute approximate surface area is 256 Å². The Balaban J connectivity index is 1.50. The van der Waals surface area contributed by atoms with Crippen molar-refractivity contribution in [3.63, 3.8) is 0 Å². The molecule has 2 heterocycles. The summed E-state index contributed by atoms with van der Waals surface area (Å²) >= 11 is 6.14. The highest BCUT2D eigenvalue weighted by atomic mass is 35.5. The molecule has 0 spiro atoms. The fourth-order valence-corrected chi connectivity index (χ4v) is 5.79. The van der Waals surface area contributed by atoms with E-state index in [0.717, 1.165) is 36.1 Å². The zero-order valence-electron chi connectivity index (χ0n) is 24.4. The van der Waals surface area contributed by atoms with Crippen molar-refractivity contribution >= 4 is 29.4 Å². The van der Waals surface area contributed by atoms with Crippen LogP contribution in [0.5, 0.6) is 5.75 Å². The van der Waals surface area contributed by atoms with Crippen LogP contribution in [0.3, 0.4) is 0 Å². The number of carboxylic acid groups (broad SMARTS) is 1. The Hall–Kier alpha value is -4.43. The highest BCUT2D eigenvalue weighted by molar-refractivity contribution is 6.30. The molecule has 1 fully saturated rings. The van der Waals surface area contributed by atoms with Crippen LogP contribution in [0.25, 0.3) is 0 Å². The number of carboxylic acids is 1. The Kier molecular flexibility index (Phi) is 9.57. The molecule has 1 aromatic heterocycles. The molecule has 0 saturated carbocycles. The molecule has 0 radical (unpaired) electrons. The summed E-state index contributed by atoms with van der Waals surface area (Å²) in [5, 5.41) is 10.4. The van der Waals surface area contributed by atoms with Gasteiger partial charge in [0.1, 0.15) is 12.3 Å². The molecule has 1 aliphatic heterocycles. The molecule has 1 atom stereocenters. The number of carbonyl (C=O) groups excluding carboxylic acids is 1. The second kappa shape index (κ2) is 13.7. The van der Waals surface area contributed by atoms with E-state index < -0.39 is 18.4 Å². The lowest BCUT2D eigenvalue weighted by molar-refractivity contribution is -0.137. The Bertz CT molecular complexity index is 1590. The molecule has 5 rings (SSSR count). The van der Waals surface area contributed by atoms with E-state index in [1.165, 1.54) is 4.90 Å². The van der Waals surface area contributed by atoms with Crippen molar-refractivity contribution in [2.75, 3.05) is 25.1 Å². The molecule has 1 N–H and O–H groups in total. The molecule has 0 unspecified atom stereocenters. The maximum atomic E-state index is 14.0. The number of aromatic nitrogens is 2. The van der Waals surface area contributed by atoms with Crippen molar-refractivity contribution in [2.24, 2.45) is 0 Å². The second-order valence-electron chi connectivity index (χ2n) is 10.7. The van der Waals surface area contributed by atoms with E-state index in [1.54, 1.807) is 19.4 Å². The van der Waals surface area contributed by atoms with Crippen LogP contribution in [0, 0.1) is 6.92 Å². The van der Waals surface area contributed by atoms with Gasteiger partial charge in [-0.15, -0.1) is 0 Å². The fraction of sp³-hybridized carbons (Fsp3) is 0.294. The van der Waals surface area contributed by atoms with E-state index in [9.17, 15) is 14.7 Å². The van der Waals surface area contributed by atoms with Crippen molar-refractivity contribution in [1.29, 1.82) is 0 Å². The van der Waals surface area contributed by atoms with Crippen LogP contribution in [0.4, 0.5) is 5.95 Å². The molecule has 0 aliphatic carbocycles. The van der Waals surface area contributed by atoms with Crippen LogP contribution in [-0.2, 0) is 24.2 Å². The number of rotatable bonds is 11. The molecule has 4 aromatic rings. The van der Waals surface area contributed by atoms with E-state index in [0.29, 0.717) is 46.4 Å². The summed E-state index contributed by atoms with van der Waals surface area (Å²) in [5.41, 5.74) is 5.07. The third-order valence-electron chi connectivity index (χ3n) is 7.91. The van der Waals surface area contributed by atoms with Gasteiger partial charge in [-0.25, -0.2) is 9.97 Å². The lowest BCUT2D eigenvalue weighted by atomic mass is 10.0. The molecule has 1 aliphatic rings. The topological polar surface area (TPSA) is 95.9 Å². The Morgan fingerprint density at radius 1 is 1.02 bits per heavy atom. The number of aliphatic carboxylic acids is 1. The minimum absolute atomic E-state index is 0.0684. The van der Waals surface area contributed by atoms with Crippen molar-refractivity contribution in [1.82, 2.24) is 14.9 Å². The first kappa shape index (κ1) is 30.0. The molecular weight excluding hydrogens is 564 g/mol. The number of halogens is 1. The van der Waals surface area contributed by atoms with E-state index in [1.807, 2.05) is 54.6 Å². The molecule has 0 bridgehead atoms. The van der Waals surface area contributed by atoms with Gasteiger partial charge in [-0.05, 0) is 67.5 Å². The SMILES string of the molecule is COc1ccccc1CN(CC(=O)O)C(=O)c1cnc(N2CCC[C@@H]2c2ccc(Cl)cc2)nc1CCc1ccccc1C. The van der Waals surface area contributed by atoms with E-state index in [4.69, 9.17) is 21.3 Å². The number of methoxy groups -OCH3 is 1. The molecule has 8 nitrogen and oxygen atoms in total. The van der Waals surface area contributed by atoms with Gasteiger partial charge < -0.3 is 19.6 Å². The second-order valence-corrected chi connectivity index (χ2v) is 11.2. The number of carbonyl (C=O) groups is 2. The average Bonchev–Trinajstić information content (AvgIpc) is 3.50. The molecule has 9 heteroatoms. The quantitative estimate of drug-likeness (QED) is 0.216. The van der Waals surface area contributed by atoms with Crippen LogP contribution in [0.15, 0.2) is 79.0 Å². The Morgan fingerprint density at radius 2 is 1.74 bits per heavy atom. The predicted molar refractivity (Wildman–Crippen MR) is 167 cm³/mol. The normalized spacial score (nSPS) is 14.5. The lowest BCUT2D eigenvalue weighted by Gasteiger charge is -2.27. The number of hydrogen-bond donors (Lipinski definition) is 1. The number of hydrogen-bond acceptors (Lipinski definition) is 6. The maximum Gasteiger partial charge on any atom is 0.323 e. The van der Waals surface area contributed by atoms with E-state index >= 15 is 0 Å². The Morgan fingerprint density at radius 3 is 2.47 bits per heavy atom. The maximum absolute atomic E-state index is 14.0. The fourth-order valence-electron chi connectivity index (χ4n) is 5.67. The van der Waals surface area contributed by atoms with E-state index in [2.05, 4.69) is 28.9 Å². The van der Waals surface area contributed by atoms with Crippen LogP contribution in [-0.4, -0.2) is 52.1 Å². The molecule has 43 heavy (non-hydrogen) atoms. The van der Waals surface area contributed by atoms with Gasteiger partial charge in [-0.1, -0.05) is 66.2 Å². The number of para-hydroxylation sites is 1. The zero-order valence-corrected chi connectivity index (χ0v) is 25.1. The molecule has 1 amide bonds. The monoisotopic (exact) mass is 598 g/mol. The smallest absolute Gasteiger partial charge is 0.323 e. The molecule has 222 valence electrons. The summed E-state index contributed by atoms with van der Waals surface area (Å²) in [5.74, 6) is -0.400. The number of amides is 1. The minimum atomic E-state index is -1.11. The minimum Gasteiger partial charge on any atom is -0.496 e. The van der Waals surface area contributed by atoms with Gasteiger partial charge in [0.2, 0.25) is 5.95 Å². The van der Waals surface area contributed by atoms with Crippen LogP contribution in [0.2, 0.25) is 5.02 Å².